The second-order valence-electron chi connectivity index (χ2n) is 8.90. The summed E-state index contributed by atoms with van der Waals surface area (Å²) >= 11 is 6.64. The maximum absolute atomic E-state index is 10.8. The number of halogens is 1. The quantitative estimate of drug-likeness (QED) is 0.291. The third-order valence-corrected chi connectivity index (χ3v) is 6.80. The summed E-state index contributed by atoms with van der Waals surface area (Å²) < 4.78 is 13.4. The van der Waals surface area contributed by atoms with E-state index in [4.69, 9.17) is 21.1 Å². The normalized spacial score (nSPS) is 12.9. The number of nitrogens with zero attached hydrogens (tertiary/aromatic N) is 3. The molecule has 0 bridgehead atoms. The predicted octanol–water partition coefficient (Wildman–Crippen LogP) is 4.95. The van der Waals surface area contributed by atoms with Crippen LogP contribution in [0.2, 0.25) is 5.15 Å². The maximum Gasteiger partial charge on any atom is 0.161 e. The largest absolute Gasteiger partial charge is 0.493 e. The number of methoxy groups -OCH3 is 1. The van der Waals surface area contributed by atoms with Gasteiger partial charge in [-0.15, -0.1) is 0 Å². The minimum absolute atomic E-state index is 0.179. The molecule has 0 fully saturated rings. The van der Waals surface area contributed by atoms with Crippen LogP contribution in [0.25, 0.3) is 5.69 Å². The molecule has 194 valence electrons. The van der Waals surface area contributed by atoms with Crippen LogP contribution in [-0.4, -0.2) is 51.7 Å². The highest BCUT2D eigenvalue weighted by molar-refractivity contribution is 6.30. The number of hydrogen-bond donors (Lipinski definition) is 2. The van der Waals surface area contributed by atoms with Crippen LogP contribution in [0.4, 0.5) is 0 Å². The average molecular weight is 522 g/mol. The molecule has 1 heterocycles. The van der Waals surface area contributed by atoms with Gasteiger partial charge >= 0.3 is 0 Å². The smallest absolute Gasteiger partial charge is 0.161 e. The van der Waals surface area contributed by atoms with Gasteiger partial charge in [0.2, 0.25) is 0 Å². The first kappa shape index (κ1) is 26.7. The zero-order chi connectivity index (χ0) is 26.4. The van der Waals surface area contributed by atoms with Gasteiger partial charge in [0, 0.05) is 12.1 Å². The summed E-state index contributed by atoms with van der Waals surface area (Å²) in [4.78, 5) is 1.92. The lowest BCUT2D eigenvalue weighted by Gasteiger charge is -2.31. The van der Waals surface area contributed by atoms with E-state index in [2.05, 4.69) is 5.10 Å². The highest BCUT2D eigenvalue weighted by Crippen LogP contribution is 2.32. The van der Waals surface area contributed by atoms with Gasteiger partial charge in [0.15, 0.2) is 11.5 Å². The molecular weight excluding hydrogens is 490 g/mol. The topological polar surface area (TPSA) is 80.0 Å². The first-order valence-electron chi connectivity index (χ1n) is 12.1. The molecule has 1 aromatic heterocycles. The van der Waals surface area contributed by atoms with Crippen molar-refractivity contribution in [3.05, 3.63) is 106 Å². The number of para-hydroxylation sites is 1. The van der Waals surface area contributed by atoms with Gasteiger partial charge in [0.25, 0.3) is 0 Å². The summed E-state index contributed by atoms with van der Waals surface area (Å²) in [6, 6.07) is 24.3. The van der Waals surface area contributed by atoms with Crippen molar-refractivity contribution in [1.82, 2.24) is 14.7 Å². The number of rotatable bonds is 11. The van der Waals surface area contributed by atoms with Gasteiger partial charge in [0.05, 0.1) is 37.2 Å². The molecule has 8 heteroatoms. The van der Waals surface area contributed by atoms with Gasteiger partial charge in [-0.1, -0.05) is 66.2 Å². The second-order valence-corrected chi connectivity index (χ2v) is 9.25. The molecule has 0 aliphatic carbocycles. The number of hydrogen-bond acceptors (Lipinski definition) is 6. The number of aryl methyl sites for hydroxylation is 1. The fraction of sp³-hybridized carbons (Fsp3) is 0.276. The summed E-state index contributed by atoms with van der Waals surface area (Å²) in [7, 11) is 3.47. The van der Waals surface area contributed by atoms with Crippen molar-refractivity contribution in [3.8, 4) is 17.2 Å². The van der Waals surface area contributed by atoms with Crippen LogP contribution in [0.1, 0.15) is 28.5 Å². The van der Waals surface area contributed by atoms with Crippen LogP contribution in [-0.2, 0) is 13.2 Å². The Bertz CT molecular complexity index is 1300. The zero-order valence-electron chi connectivity index (χ0n) is 21.2. The molecule has 0 radical (unpaired) electrons. The van der Waals surface area contributed by atoms with E-state index in [1.807, 2.05) is 97.7 Å². The van der Waals surface area contributed by atoms with Crippen LogP contribution >= 0.6 is 11.6 Å². The highest BCUT2D eigenvalue weighted by atomic mass is 35.5. The molecule has 0 amide bonds. The third-order valence-electron chi connectivity index (χ3n) is 6.41. The molecule has 37 heavy (non-hydrogen) atoms. The van der Waals surface area contributed by atoms with E-state index in [1.54, 1.807) is 11.8 Å². The van der Waals surface area contributed by atoms with Crippen molar-refractivity contribution >= 4 is 11.6 Å². The Morgan fingerprint density at radius 2 is 1.68 bits per heavy atom. The van der Waals surface area contributed by atoms with Crippen molar-refractivity contribution in [3.63, 3.8) is 0 Å². The van der Waals surface area contributed by atoms with Crippen LogP contribution in [0.15, 0.2) is 78.9 Å². The molecule has 2 atom stereocenters. The lowest BCUT2D eigenvalue weighted by atomic mass is 10.0. The van der Waals surface area contributed by atoms with Crippen molar-refractivity contribution in [2.75, 3.05) is 20.8 Å². The highest BCUT2D eigenvalue weighted by Gasteiger charge is 2.25. The second kappa shape index (κ2) is 12.3. The molecule has 0 aliphatic rings. The molecule has 0 aliphatic heterocycles. The summed E-state index contributed by atoms with van der Waals surface area (Å²) in [5.74, 6) is 1.17. The van der Waals surface area contributed by atoms with Crippen molar-refractivity contribution < 1.29 is 19.7 Å². The van der Waals surface area contributed by atoms with E-state index in [0.717, 1.165) is 28.1 Å². The van der Waals surface area contributed by atoms with Crippen LogP contribution < -0.4 is 9.47 Å². The molecule has 2 N–H and O–H groups in total. The number of ether oxygens (including phenoxy) is 2. The molecule has 3 aromatic carbocycles. The first-order chi connectivity index (χ1) is 17.9. The van der Waals surface area contributed by atoms with E-state index in [9.17, 15) is 10.2 Å². The van der Waals surface area contributed by atoms with Crippen molar-refractivity contribution in [2.24, 2.45) is 0 Å². The summed E-state index contributed by atoms with van der Waals surface area (Å²) in [6.45, 7) is 2.47. The van der Waals surface area contributed by atoms with Crippen molar-refractivity contribution in [1.29, 1.82) is 0 Å². The van der Waals surface area contributed by atoms with Gasteiger partial charge in [-0.05, 0) is 49.4 Å². The van der Waals surface area contributed by atoms with E-state index >= 15 is 0 Å². The number of aliphatic hydroxyl groups is 2. The van der Waals surface area contributed by atoms with E-state index < -0.39 is 12.1 Å². The van der Waals surface area contributed by atoms with Crippen LogP contribution in [0.3, 0.4) is 0 Å². The lowest BCUT2D eigenvalue weighted by molar-refractivity contribution is 0.0237. The van der Waals surface area contributed by atoms with Gasteiger partial charge in [-0.25, -0.2) is 4.68 Å². The number of aliphatic hydroxyl groups excluding tert-OH is 2. The van der Waals surface area contributed by atoms with Crippen molar-refractivity contribution in [2.45, 2.75) is 32.2 Å². The molecule has 7 nitrogen and oxygen atoms in total. The molecule has 0 unspecified atom stereocenters. The summed E-state index contributed by atoms with van der Waals surface area (Å²) in [5, 5.41) is 25.9. The van der Waals surface area contributed by atoms with Crippen LogP contribution in [0, 0.1) is 6.92 Å². The number of likely N-dealkylation sites (N-methyl/N-ethyl adjacent to an activating group) is 1. The average Bonchev–Trinajstić information content (AvgIpc) is 3.21. The summed E-state index contributed by atoms with van der Waals surface area (Å²) in [6.07, 6.45) is -0.814. The number of aromatic nitrogens is 2. The number of benzene rings is 3. The van der Waals surface area contributed by atoms with E-state index in [-0.39, 0.29) is 13.2 Å². The van der Waals surface area contributed by atoms with Crippen LogP contribution in [0.5, 0.6) is 11.5 Å². The van der Waals surface area contributed by atoms with E-state index in [1.165, 1.54) is 0 Å². The molecule has 4 aromatic rings. The van der Waals surface area contributed by atoms with Gasteiger partial charge < -0.3 is 19.7 Å². The Balaban J connectivity index is 1.46. The van der Waals surface area contributed by atoms with Gasteiger partial charge in [0.1, 0.15) is 11.8 Å². The minimum atomic E-state index is -0.814. The van der Waals surface area contributed by atoms with E-state index in [0.29, 0.717) is 23.2 Å². The fourth-order valence-corrected chi connectivity index (χ4v) is 4.60. The molecule has 4 rings (SSSR count). The summed E-state index contributed by atoms with van der Waals surface area (Å²) in [5.41, 5.74) is 4.19. The Morgan fingerprint density at radius 3 is 2.32 bits per heavy atom. The monoisotopic (exact) mass is 521 g/mol. The predicted molar refractivity (Wildman–Crippen MR) is 144 cm³/mol. The zero-order valence-corrected chi connectivity index (χ0v) is 22.0. The van der Waals surface area contributed by atoms with Gasteiger partial charge in [-0.3, -0.25) is 4.90 Å². The molecular formula is C29H32ClN3O4. The Hall–Kier alpha value is -3.36. The molecule has 0 saturated carbocycles. The molecule has 0 saturated heterocycles. The Kier molecular flexibility index (Phi) is 8.84. The Labute approximate surface area is 222 Å². The minimum Gasteiger partial charge on any atom is -0.493 e. The lowest BCUT2D eigenvalue weighted by Crippen LogP contribution is -2.39. The Morgan fingerprint density at radius 1 is 1.00 bits per heavy atom. The first-order valence-corrected chi connectivity index (χ1v) is 12.4. The standard InChI is InChI=1S/C29H32ClN3O4/c1-20-24(29(30)33(31-20)23-12-8-5-9-13-23)19-37-26-15-14-21(16-27(26)36-3)17-32(2)25(18-34)28(35)22-10-6-4-7-11-22/h4-16,25,28,34-35H,17-19H2,1-3H3/t25-,28-/m0/s1. The SMILES string of the molecule is COc1cc(CN(C)[C@@H](CO)[C@@H](O)c2ccccc2)ccc1OCc1c(C)nn(-c2ccccc2)c1Cl. The molecule has 0 spiro atoms. The fourth-order valence-electron chi connectivity index (χ4n) is 4.27. The van der Waals surface area contributed by atoms with Gasteiger partial charge in [-0.2, -0.15) is 5.10 Å². The maximum atomic E-state index is 10.8. The third kappa shape index (κ3) is 6.14.